The van der Waals surface area contributed by atoms with E-state index in [0.717, 1.165) is 0 Å². The molecule has 1 aliphatic heterocycles. The van der Waals surface area contributed by atoms with E-state index < -0.39 is 15.8 Å². The lowest BCUT2D eigenvalue weighted by atomic mass is 10.2. The topological polar surface area (TPSA) is 75.5 Å². The van der Waals surface area contributed by atoms with Gasteiger partial charge < -0.3 is 4.90 Å². The standard InChI is InChI=1S/C16H19FN4O3S/c1-2-20-12-15(11-18-20)25(23,24)21-9-7-19(8-10-21)16(22)13-3-5-14(17)6-4-13/h3-6,11-12H,2,7-10H2,1H3. The summed E-state index contributed by atoms with van der Waals surface area (Å²) < 4.78 is 41.1. The number of carbonyl (C=O) groups excluding carboxylic acids is 1. The molecule has 9 heteroatoms. The minimum absolute atomic E-state index is 0.160. The van der Waals surface area contributed by atoms with Gasteiger partial charge in [0.2, 0.25) is 10.0 Å². The highest BCUT2D eigenvalue weighted by Gasteiger charge is 2.31. The van der Waals surface area contributed by atoms with Gasteiger partial charge in [-0.25, -0.2) is 12.8 Å². The Labute approximate surface area is 145 Å². The molecule has 0 saturated carbocycles. The van der Waals surface area contributed by atoms with E-state index in [9.17, 15) is 17.6 Å². The lowest BCUT2D eigenvalue weighted by Crippen LogP contribution is -2.50. The van der Waals surface area contributed by atoms with Crippen LogP contribution in [0.5, 0.6) is 0 Å². The van der Waals surface area contributed by atoms with Gasteiger partial charge >= 0.3 is 0 Å². The van der Waals surface area contributed by atoms with Crippen LogP contribution in [0.1, 0.15) is 17.3 Å². The van der Waals surface area contributed by atoms with E-state index in [-0.39, 0.29) is 37.0 Å². The van der Waals surface area contributed by atoms with Crippen LogP contribution in [0.2, 0.25) is 0 Å². The zero-order valence-electron chi connectivity index (χ0n) is 13.8. The molecule has 2 heterocycles. The minimum Gasteiger partial charge on any atom is -0.336 e. The molecule has 0 atom stereocenters. The summed E-state index contributed by atoms with van der Waals surface area (Å²) in [7, 11) is -3.61. The van der Waals surface area contributed by atoms with Crippen LogP contribution in [-0.4, -0.2) is 59.5 Å². The maximum atomic E-state index is 13.0. The molecule has 0 unspecified atom stereocenters. The van der Waals surface area contributed by atoms with Crippen LogP contribution in [0.15, 0.2) is 41.6 Å². The average Bonchev–Trinajstić information content (AvgIpc) is 3.12. The van der Waals surface area contributed by atoms with Gasteiger partial charge in [-0.2, -0.15) is 9.40 Å². The quantitative estimate of drug-likeness (QED) is 0.815. The third-order valence-electron chi connectivity index (χ3n) is 4.19. The molecule has 0 aliphatic carbocycles. The normalized spacial score (nSPS) is 16.2. The summed E-state index contributed by atoms with van der Waals surface area (Å²) in [5.74, 6) is -0.629. The molecule has 0 N–H and O–H groups in total. The van der Waals surface area contributed by atoms with Gasteiger partial charge in [0.05, 0.1) is 6.20 Å². The fourth-order valence-electron chi connectivity index (χ4n) is 2.71. The van der Waals surface area contributed by atoms with Gasteiger partial charge in [0, 0.05) is 44.5 Å². The molecule has 1 amide bonds. The van der Waals surface area contributed by atoms with Gasteiger partial charge in [0.25, 0.3) is 5.91 Å². The molecule has 3 rings (SSSR count). The summed E-state index contributed by atoms with van der Waals surface area (Å²) in [6.45, 7) is 3.48. The Hall–Kier alpha value is -2.26. The van der Waals surface area contributed by atoms with Crippen molar-refractivity contribution < 1.29 is 17.6 Å². The zero-order chi connectivity index (χ0) is 18.0. The number of aromatic nitrogens is 2. The van der Waals surface area contributed by atoms with Crippen molar-refractivity contribution in [2.45, 2.75) is 18.4 Å². The average molecular weight is 366 g/mol. The number of benzene rings is 1. The monoisotopic (exact) mass is 366 g/mol. The Kier molecular flexibility index (Phi) is 4.87. The third-order valence-corrected chi connectivity index (χ3v) is 6.04. The Balaban J connectivity index is 1.67. The first kappa shape index (κ1) is 17.6. The number of sulfonamides is 1. The number of carbonyl (C=O) groups is 1. The maximum absolute atomic E-state index is 13.0. The molecule has 134 valence electrons. The first-order valence-electron chi connectivity index (χ1n) is 7.99. The van der Waals surface area contributed by atoms with E-state index in [2.05, 4.69) is 5.10 Å². The number of halogens is 1. The predicted octanol–water partition coefficient (Wildman–Crippen LogP) is 1.19. The minimum atomic E-state index is -3.61. The summed E-state index contributed by atoms with van der Waals surface area (Å²) in [5.41, 5.74) is 0.391. The molecule has 2 aromatic rings. The van der Waals surface area contributed by atoms with Crippen molar-refractivity contribution in [3.63, 3.8) is 0 Å². The second kappa shape index (κ2) is 6.93. The third kappa shape index (κ3) is 3.57. The number of aryl methyl sites for hydroxylation is 1. The molecule has 1 aromatic carbocycles. The maximum Gasteiger partial charge on any atom is 0.253 e. The molecule has 0 radical (unpaired) electrons. The molecule has 0 bridgehead atoms. The van der Waals surface area contributed by atoms with Crippen molar-refractivity contribution in [3.8, 4) is 0 Å². The second-order valence-corrected chi connectivity index (χ2v) is 7.67. The van der Waals surface area contributed by atoms with Gasteiger partial charge in [-0.15, -0.1) is 0 Å². The van der Waals surface area contributed by atoms with Crippen LogP contribution in [0.4, 0.5) is 4.39 Å². The molecule has 0 spiro atoms. The second-order valence-electron chi connectivity index (χ2n) is 5.73. The van der Waals surface area contributed by atoms with Crippen molar-refractivity contribution in [2.75, 3.05) is 26.2 Å². The van der Waals surface area contributed by atoms with Gasteiger partial charge in [0.1, 0.15) is 10.7 Å². The van der Waals surface area contributed by atoms with E-state index in [0.29, 0.717) is 12.1 Å². The van der Waals surface area contributed by atoms with E-state index in [1.54, 1.807) is 9.58 Å². The van der Waals surface area contributed by atoms with E-state index >= 15 is 0 Å². The van der Waals surface area contributed by atoms with Crippen LogP contribution in [-0.2, 0) is 16.6 Å². The fourth-order valence-corrected chi connectivity index (χ4v) is 4.08. The number of amides is 1. The van der Waals surface area contributed by atoms with Gasteiger partial charge in [-0.3, -0.25) is 9.48 Å². The SMILES string of the molecule is CCn1cc(S(=O)(=O)N2CCN(C(=O)c3ccc(F)cc3)CC2)cn1. The van der Waals surface area contributed by atoms with Crippen LogP contribution in [0.3, 0.4) is 0 Å². The van der Waals surface area contributed by atoms with Crippen molar-refractivity contribution >= 4 is 15.9 Å². The first-order chi connectivity index (χ1) is 11.9. The highest BCUT2D eigenvalue weighted by molar-refractivity contribution is 7.89. The Morgan fingerprint density at radius 3 is 2.36 bits per heavy atom. The predicted molar refractivity (Wildman–Crippen MR) is 89.0 cm³/mol. The van der Waals surface area contributed by atoms with Crippen molar-refractivity contribution in [3.05, 3.63) is 48.0 Å². The van der Waals surface area contributed by atoms with Crippen LogP contribution in [0, 0.1) is 5.82 Å². The lowest BCUT2D eigenvalue weighted by Gasteiger charge is -2.33. The van der Waals surface area contributed by atoms with Gasteiger partial charge in [-0.05, 0) is 31.2 Å². The van der Waals surface area contributed by atoms with Crippen molar-refractivity contribution in [1.29, 1.82) is 0 Å². The Morgan fingerprint density at radius 1 is 1.16 bits per heavy atom. The van der Waals surface area contributed by atoms with Crippen molar-refractivity contribution in [1.82, 2.24) is 19.0 Å². The lowest BCUT2D eigenvalue weighted by molar-refractivity contribution is 0.0698. The molecule has 1 aromatic heterocycles. The fraction of sp³-hybridized carbons (Fsp3) is 0.375. The summed E-state index contributed by atoms with van der Waals surface area (Å²) in [5, 5.41) is 4.00. The molecular weight excluding hydrogens is 347 g/mol. The Bertz CT molecular complexity index is 856. The smallest absolute Gasteiger partial charge is 0.253 e. The largest absolute Gasteiger partial charge is 0.336 e. The molecule has 7 nitrogen and oxygen atoms in total. The zero-order valence-corrected chi connectivity index (χ0v) is 14.6. The number of hydrogen-bond acceptors (Lipinski definition) is 4. The number of nitrogens with zero attached hydrogens (tertiary/aromatic N) is 4. The number of hydrogen-bond donors (Lipinski definition) is 0. The summed E-state index contributed by atoms with van der Waals surface area (Å²) in [4.78, 5) is 14.1. The molecule has 1 aliphatic rings. The first-order valence-corrected chi connectivity index (χ1v) is 9.43. The molecule has 1 saturated heterocycles. The van der Waals surface area contributed by atoms with Gasteiger partial charge in [0.15, 0.2) is 0 Å². The van der Waals surface area contributed by atoms with E-state index in [4.69, 9.17) is 0 Å². The van der Waals surface area contributed by atoms with Crippen LogP contribution in [0.25, 0.3) is 0 Å². The molecular formula is C16H19FN4O3S. The highest BCUT2D eigenvalue weighted by atomic mass is 32.2. The number of piperazine rings is 1. The van der Waals surface area contributed by atoms with Crippen molar-refractivity contribution in [2.24, 2.45) is 0 Å². The highest BCUT2D eigenvalue weighted by Crippen LogP contribution is 2.18. The summed E-state index contributed by atoms with van der Waals surface area (Å²) in [6.07, 6.45) is 2.85. The molecule has 25 heavy (non-hydrogen) atoms. The van der Waals surface area contributed by atoms with Gasteiger partial charge in [-0.1, -0.05) is 0 Å². The molecule has 1 fully saturated rings. The summed E-state index contributed by atoms with van der Waals surface area (Å²) >= 11 is 0. The van der Waals surface area contributed by atoms with E-state index in [1.807, 2.05) is 6.92 Å². The van der Waals surface area contributed by atoms with Crippen LogP contribution < -0.4 is 0 Å². The van der Waals surface area contributed by atoms with Crippen LogP contribution >= 0.6 is 0 Å². The number of rotatable bonds is 4. The van der Waals surface area contributed by atoms with E-state index in [1.165, 1.54) is 41.0 Å². The Morgan fingerprint density at radius 2 is 1.80 bits per heavy atom. The summed E-state index contributed by atoms with van der Waals surface area (Å²) in [6, 6.07) is 5.33.